The van der Waals surface area contributed by atoms with Crippen LogP contribution in [0.1, 0.15) is 47.0 Å². The molecule has 0 aromatic carbocycles. The number of aliphatic carboxylic acids is 3. The minimum Gasteiger partial charge on any atom is -0.477 e. The third kappa shape index (κ3) is 19.4. The molecule has 0 aliphatic carbocycles. The zero-order valence-corrected chi connectivity index (χ0v) is 57.6. The Hall–Kier alpha value is -5.11. The van der Waals surface area contributed by atoms with Crippen molar-refractivity contribution in [1.29, 1.82) is 0 Å². The summed E-state index contributed by atoms with van der Waals surface area (Å²) < 4.78 is 75.3. The Morgan fingerprint density at radius 2 is 0.741 bits per heavy atom. The van der Waals surface area contributed by atoms with Crippen molar-refractivity contribution in [2.75, 3.05) is 46.2 Å². The Morgan fingerprint density at radius 3 is 1.16 bits per heavy atom. The van der Waals surface area contributed by atoms with Crippen LogP contribution in [-0.2, 0) is 95.1 Å². The normalized spacial score (nSPS) is 43.4. The number of nitrogens with one attached hydrogen (secondary N) is 4. The number of carboxylic acid groups (broad SMARTS) is 3. The van der Waals surface area contributed by atoms with Crippen molar-refractivity contribution in [2.24, 2.45) is 0 Å². The molecule has 7 fully saturated rings. The lowest BCUT2D eigenvalue weighted by molar-refractivity contribution is -0.403. The van der Waals surface area contributed by atoms with Crippen molar-refractivity contribution < 1.29 is 223 Å². The summed E-state index contributed by atoms with van der Waals surface area (Å²) in [6.45, 7) is -6.00. The summed E-state index contributed by atoms with van der Waals surface area (Å²) in [6, 6.07) is -8.21. The highest BCUT2D eigenvalue weighted by Gasteiger charge is 2.65. The number of amides is 4. The Balaban J connectivity index is 1.30. The molecule has 29 N–H and O–H groups in total. The molecule has 7 saturated heterocycles. The third-order valence-corrected chi connectivity index (χ3v) is 19.1. The smallest absolute Gasteiger partial charge is 0.364 e. The largest absolute Gasteiger partial charge is 0.477 e. The monoisotopic (exact) mass is 1580 g/mol. The lowest BCUT2D eigenvalue weighted by Crippen LogP contribution is -2.73. The molecule has 108 heavy (non-hydrogen) atoms. The van der Waals surface area contributed by atoms with E-state index in [0.29, 0.717) is 0 Å². The Labute approximate surface area is 609 Å². The first kappa shape index (κ1) is 90.1. The van der Waals surface area contributed by atoms with Crippen LogP contribution in [0.2, 0.25) is 0 Å². The second-order valence-electron chi connectivity index (χ2n) is 26.8. The van der Waals surface area contributed by atoms with E-state index in [-0.39, 0.29) is 0 Å². The van der Waals surface area contributed by atoms with Gasteiger partial charge in [-0.15, -0.1) is 0 Å². The molecule has 0 bridgehead atoms. The van der Waals surface area contributed by atoms with Crippen LogP contribution in [0.4, 0.5) is 0 Å². The minimum absolute atomic E-state index is 0.793. The van der Waals surface area contributed by atoms with E-state index in [1.807, 2.05) is 0 Å². The molecule has 0 radical (unpaired) electrons. The van der Waals surface area contributed by atoms with Crippen LogP contribution in [0, 0.1) is 0 Å². The number of carbonyl (C=O) groups excluding carboxylic acids is 4. The molecule has 7 aliphatic rings. The number of hydrogen-bond donors (Lipinski definition) is 29. The molecule has 49 heteroatoms. The molecule has 7 aliphatic heterocycles. The third-order valence-electron chi connectivity index (χ3n) is 19.1. The van der Waals surface area contributed by atoms with Crippen molar-refractivity contribution in [2.45, 2.75) is 278 Å². The number of carboxylic acids is 3. The topological polar surface area (TPSA) is 793 Å². The standard InChI is InChI=1S/C59H96N4O45/c1-15(71)60-29-19(75)5-57(54(90)91,105-46(29)33(79)22(78)8-64)103-25(11-67)36(82)47-30(61-16(2)72)20(76)6-58(106-47,55(92)93)104-26(12-68)37(83)48-31(62-17(3)73)21(77)7-59(107-48,56(94)95)108-49-42(88)53(100-43-27(13-69)96-50(89)40(86)39(43)85)99-28(14-70)44(49)101-51-32(63-18(4)74)45(35(81)24(10-66)97-51)102-52-41(87)38(84)34(80)23(9-65)98-52/h19-53,64-70,75-89H,5-14H2,1-4H3,(H,60,71)(H,61,72)(H,62,73)(H,63,74)(H,90,91)(H,92,93)(H,94,95)/t19-,20-,21-,22+,23+,24+,25+,26+,27+,28+,29+,30+,31+,32+,33+,34-,35-,36+,37+,38-,39+,40+,41+,42+,43+,44-,45+,46+,47+,48+,49+,50-,51-,52-,53-,57+,58+,59-/m0/s1. The maximum Gasteiger partial charge on any atom is 0.364 e. The van der Waals surface area contributed by atoms with Crippen LogP contribution in [0.15, 0.2) is 0 Å². The van der Waals surface area contributed by atoms with E-state index in [1.54, 1.807) is 0 Å². The highest BCUT2D eigenvalue weighted by molar-refractivity contribution is 5.78. The Bertz CT molecular complexity index is 3010. The van der Waals surface area contributed by atoms with E-state index in [0.717, 1.165) is 27.7 Å². The van der Waals surface area contributed by atoms with Crippen LogP contribution in [-0.4, -0.2) is 447 Å². The zero-order chi connectivity index (χ0) is 80.8. The van der Waals surface area contributed by atoms with Gasteiger partial charge in [-0.1, -0.05) is 0 Å². The molecule has 38 atom stereocenters. The molecule has 0 unspecified atom stereocenters. The van der Waals surface area contributed by atoms with Gasteiger partial charge in [-0.3, -0.25) is 19.2 Å². The number of aliphatic hydroxyl groups is 22. The van der Waals surface area contributed by atoms with Gasteiger partial charge in [-0.05, 0) is 0 Å². The van der Waals surface area contributed by atoms with E-state index in [1.165, 1.54) is 0 Å². The SMILES string of the molecule is CC(=O)N[C@H]1[C@H](O[C@@H]2[C@H](O[C@]3(C(=O)O)C[C@H](O)[C@@H](NC(C)=O)[C@H]([C@H](O)[C@@H](CO)O[C@]4(C(=O)O)C[C@H](O)[C@@H](NC(C)=O)[C@H]([C@H](O)[C@@H](CO)O[C@]5(C(=O)O)C[C@H](O)[C@@H](NC(C)=O)[C@H]([C@H](O)[C@H](O)CO)O5)O4)O3)[C@@H](O)[C@H](O[C@H]3[C@H](O)[C@@H](O)[C@@H](O)O[C@@H]3CO)O[C@@H]2CO)O[C@H](CO)[C@H](O)[C@@H]1O[C@@H]1O[C@H](CO)[C@H](O)[C@H](O)[C@H]1O. The van der Waals surface area contributed by atoms with Gasteiger partial charge >= 0.3 is 17.9 Å². The molecule has 0 saturated carbocycles. The van der Waals surface area contributed by atoms with Crippen LogP contribution in [0.3, 0.4) is 0 Å². The number of hydrogen-bond acceptors (Lipinski definition) is 42. The Morgan fingerprint density at radius 1 is 0.380 bits per heavy atom. The summed E-state index contributed by atoms with van der Waals surface area (Å²) in [5.74, 6) is -22.1. The average molecular weight is 1580 g/mol. The van der Waals surface area contributed by atoms with E-state index < -0.39 is 339 Å². The molecular formula is C59H96N4O45. The van der Waals surface area contributed by atoms with E-state index in [9.17, 15) is 161 Å². The van der Waals surface area contributed by atoms with Crippen molar-refractivity contribution in [3.05, 3.63) is 0 Å². The van der Waals surface area contributed by atoms with Crippen molar-refractivity contribution >= 4 is 41.5 Å². The predicted molar refractivity (Wildman–Crippen MR) is 330 cm³/mol. The van der Waals surface area contributed by atoms with Gasteiger partial charge in [0, 0.05) is 47.0 Å². The van der Waals surface area contributed by atoms with Gasteiger partial charge in [0.1, 0.15) is 153 Å². The second kappa shape index (κ2) is 37.7. The van der Waals surface area contributed by atoms with Gasteiger partial charge in [-0.2, -0.15) is 0 Å². The van der Waals surface area contributed by atoms with E-state index in [4.69, 9.17) is 61.6 Å². The molecular weight excluding hydrogens is 1480 g/mol. The highest BCUT2D eigenvalue weighted by atomic mass is 16.8. The van der Waals surface area contributed by atoms with E-state index >= 15 is 0 Å². The molecule has 49 nitrogen and oxygen atoms in total. The minimum atomic E-state index is -3.77. The molecule has 0 aromatic rings. The number of carbonyl (C=O) groups is 7. The Kier molecular flexibility index (Phi) is 31.4. The second-order valence-corrected chi connectivity index (χ2v) is 26.8. The highest BCUT2D eigenvalue weighted by Crippen LogP contribution is 2.44. The first-order valence-electron chi connectivity index (χ1n) is 33.5. The quantitative estimate of drug-likeness (QED) is 0.0297. The number of ether oxygens (including phenoxy) is 13. The lowest BCUT2D eigenvalue weighted by Gasteiger charge is -2.53. The van der Waals surface area contributed by atoms with Gasteiger partial charge < -0.3 is 211 Å². The maximum absolute atomic E-state index is 14.2. The van der Waals surface area contributed by atoms with Crippen LogP contribution in [0.25, 0.3) is 0 Å². The first-order valence-corrected chi connectivity index (χ1v) is 33.5. The molecule has 7 rings (SSSR count). The maximum atomic E-state index is 14.2. The summed E-state index contributed by atoms with van der Waals surface area (Å²) in [5.41, 5.74) is 0. The zero-order valence-electron chi connectivity index (χ0n) is 57.6. The summed E-state index contributed by atoms with van der Waals surface area (Å²) in [6.07, 6.45) is -76.9. The number of aliphatic hydroxyl groups excluding tert-OH is 22. The summed E-state index contributed by atoms with van der Waals surface area (Å²) >= 11 is 0. The van der Waals surface area contributed by atoms with Crippen LogP contribution >= 0.6 is 0 Å². The van der Waals surface area contributed by atoms with Crippen molar-refractivity contribution in [3.63, 3.8) is 0 Å². The van der Waals surface area contributed by atoms with Gasteiger partial charge in [0.2, 0.25) is 23.6 Å². The fourth-order valence-electron chi connectivity index (χ4n) is 13.7. The summed E-state index contributed by atoms with van der Waals surface area (Å²) in [7, 11) is 0. The fourth-order valence-corrected chi connectivity index (χ4v) is 13.7. The van der Waals surface area contributed by atoms with Gasteiger partial charge in [0.15, 0.2) is 25.2 Å². The summed E-state index contributed by atoms with van der Waals surface area (Å²) in [4.78, 5) is 92.3. The summed E-state index contributed by atoms with van der Waals surface area (Å²) in [5, 5.41) is 285. The predicted octanol–water partition coefficient (Wildman–Crippen LogP) is -18.1. The van der Waals surface area contributed by atoms with Crippen molar-refractivity contribution in [1.82, 2.24) is 21.3 Å². The van der Waals surface area contributed by atoms with Gasteiger partial charge in [-0.25, -0.2) is 14.4 Å². The first-order chi connectivity index (χ1) is 50.6. The van der Waals surface area contributed by atoms with Gasteiger partial charge in [0.25, 0.3) is 17.4 Å². The van der Waals surface area contributed by atoms with Crippen LogP contribution < -0.4 is 21.3 Å². The lowest BCUT2D eigenvalue weighted by atomic mass is 9.86. The van der Waals surface area contributed by atoms with E-state index in [2.05, 4.69) is 21.3 Å². The van der Waals surface area contributed by atoms with Crippen molar-refractivity contribution in [3.8, 4) is 0 Å². The average Bonchev–Trinajstić information content (AvgIpc) is 0.650. The molecule has 622 valence electrons. The molecule has 7 heterocycles. The van der Waals surface area contributed by atoms with Gasteiger partial charge in [0.05, 0.1) is 82.7 Å². The fraction of sp³-hybridized carbons (Fsp3) is 0.881. The molecule has 4 amide bonds. The molecule has 0 spiro atoms. The van der Waals surface area contributed by atoms with Crippen LogP contribution in [0.5, 0.6) is 0 Å². The number of rotatable bonds is 32. The molecule has 0 aromatic heterocycles.